The van der Waals surface area contributed by atoms with Gasteiger partial charge in [0.25, 0.3) is 0 Å². The van der Waals surface area contributed by atoms with Gasteiger partial charge in [-0.2, -0.15) is 0 Å². The van der Waals surface area contributed by atoms with Crippen molar-refractivity contribution in [3.8, 4) is 28.2 Å². The molecule has 2 heteroatoms. The number of nitrogens with zero attached hydrogens (tertiary/aromatic N) is 2. The van der Waals surface area contributed by atoms with Crippen LogP contribution in [0.5, 0.6) is 0 Å². The Morgan fingerprint density at radius 1 is 0.800 bits per heavy atom. The van der Waals surface area contributed by atoms with Crippen LogP contribution in [-0.4, -0.2) is 9.55 Å². The molecule has 0 fully saturated rings. The van der Waals surface area contributed by atoms with Crippen LogP contribution < -0.4 is 0 Å². The van der Waals surface area contributed by atoms with E-state index in [9.17, 15) is 0 Å². The molecule has 0 saturated carbocycles. The van der Waals surface area contributed by atoms with E-state index >= 15 is 0 Å². The zero-order chi connectivity index (χ0) is 19.7. The first-order valence-corrected chi connectivity index (χ1v) is 8.25. The largest absolute Gasteiger partial charge is 0.299 e. The maximum absolute atomic E-state index is 8.15. The van der Waals surface area contributed by atoms with Crippen molar-refractivity contribution >= 4 is 0 Å². The average molecular weight is 327 g/mol. The molecule has 0 aliphatic carbocycles. The van der Waals surface area contributed by atoms with E-state index in [0.29, 0.717) is 11.3 Å². The van der Waals surface area contributed by atoms with Gasteiger partial charge in [-0.05, 0) is 48.2 Å². The summed E-state index contributed by atoms with van der Waals surface area (Å²) in [7, 11) is 0. The van der Waals surface area contributed by atoms with Crippen molar-refractivity contribution < 1.29 is 4.11 Å². The average Bonchev–Trinajstić information content (AvgIpc) is 3.17. The van der Waals surface area contributed by atoms with Gasteiger partial charge in [0.2, 0.25) is 0 Å². The van der Waals surface area contributed by atoms with E-state index in [1.807, 2.05) is 84.4 Å². The van der Waals surface area contributed by atoms with Gasteiger partial charge in [0.1, 0.15) is 5.82 Å². The number of benzene rings is 3. The first kappa shape index (κ1) is 12.3. The van der Waals surface area contributed by atoms with Crippen molar-refractivity contribution in [2.24, 2.45) is 0 Å². The fourth-order valence-corrected chi connectivity index (χ4v) is 3.18. The first-order chi connectivity index (χ1) is 13.4. The molecular formula is C23H20N2. The van der Waals surface area contributed by atoms with E-state index in [2.05, 4.69) is 4.98 Å². The van der Waals surface area contributed by atoms with Crippen LogP contribution in [0, 0.1) is 13.8 Å². The molecule has 0 N–H and O–H groups in total. The van der Waals surface area contributed by atoms with Crippen molar-refractivity contribution in [2.75, 3.05) is 0 Å². The predicted octanol–water partition coefficient (Wildman–Crippen LogP) is 5.82. The molecule has 2 nitrogen and oxygen atoms in total. The maximum atomic E-state index is 8.15. The Morgan fingerprint density at radius 3 is 2.12 bits per heavy atom. The van der Waals surface area contributed by atoms with Gasteiger partial charge >= 0.3 is 0 Å². The SMILES string of the molecule is [2H]C([2H])([2H])c1cc(-c2ccccc2)cc(C)c1-n1ccnc1-c1ccccc1. The van der Waals surface area contributed by atoms with Crippen LogP contribution >= 0.6 is 0 Å². The van der Waals surface area contributed by atoms with Crippen LogP contribution in [0.3, 0.4) is 0 Å². The zero-order valence-electron chi connectivity index (χ0n) is 17.0. The number of rotatable bonds is 3. The summed E-state index contributed by atoms with van der Waals surface area (Å²) in [5.74, 6) is 0.724. The minimum absolute atomic E-state index is 0.321. The molecule has 0 bridgehead atoms. The molecule has 1 aromatic heterocycles. The lowest BCUT2D eigenvalue weighted by atomic mass is 9.98. The Balaban J connectivity index is 1.95. The third-order valence-corrected chi connectivity index (χ3v) is 4.32. The predicted molar refractivity (Wildman–Crippen MR) is 104 cm³/mol. The maximum Gasteiger partial charge on any atom is 0.144 e. The minimum Gasteiger partial charge on any atom is -0.299 e. The van der Waals surface area contributed by atoms with Crippen LogP contribution in [0.25, 0.3) is 28.2 Å². The second kappa shape index (κ2) is 6.40. The van der Waals surface area contributed by atoms with E-state index in [1.54, 1.807) is 12.3 Å². The molecule has 0 saturated heterocycles. The highest BCUT2D eigenvalue weighted by Gasteiger charge is 2.13. The third-order valence-electron chi connectivity index (χ3n) is 4.32. The van der Waals surface area contributed by atoms with E-state index in [-0.39, 0.29) is 0 Å². The highest BCUT2D eigenvalue weighted by Crippen LogP contribution is 2.30. The highest BCUT2D eigenvalue weighted by atomic mass is 15.1. The molecule has 0 aliphatic heterocycles. The topological polar surface area (TPSA) is 17.8 Å². The van der Waals surface area contributed by atoms with Crippen molar-refractivity contribution in [1.29, 1.82) is 0 Å². The Labute approximate surface area is 152 Å². The van der Waals surface area contributed by atoms with Crippen molar-refractivity contribution in [2.45, 2.75) is 13.8 Å². The molecule has 4 rings (SSSR count). The summed E-state index contributed by atoms with van der Waals surface area (Å²) in [5, 5.41) is 0. The van der Waals surface area contributed by atoms with Gasteiger partial charge in [0, 0.05) is 22.1 Å². The van der Waals surface area contributed by atoms with E-state index < -0.39 is 6.85 Å². The summed E-state index contributed by atoms with van der Waals surface area (Å²) >= 11 is 0. The lowest BCUT2D eigenvalue weighted by Crippen LogP contribution is -2.02. The first-order valence-electron chi connectivity index (χ1n) is 9.75. The molecule has 25 heavy (non-hydrogen) atoms. The molecule has 0 unspecified atom stereocenters. The zero-order valence-corrected chi connectivity index (χ0v) is 14.0. The van der Waals surface area contributed by atoms with Crippen LogP contribution in [0.4, 0.5) is 0 Å². The van der Waals surface area contributed by atoms with Crippen molar-refractivity contribution in [3.05, 3.63) is 96.3 Å². The van der Waals surface area contributed by atoms with E-state index in [0.717, 1.165) is 28.1 Å². The van der Waals surface area contributed by atoms with E-state index in [1.165, 1.54) is 0 Å². The molecule has 0 radical (unpaired) electrons. The Kier molecular flexibility index (Phi) is 3.14. The number of hydrogen-bond acceptors (Lipinski definition) is 1. The van der Waals surface area contributed by atoms with Gasteiger partial charge in [0.15, 0.2) is 0 Å². The monoisotopic (exact) mass is 327 g/mol. The Hall–Kier alpha value is -3.13. The summed E-state index contributed by atoms with van der Waals surface area (Å²) in [6, 6.07) is 23.5. The van der Waals surface area contributed by atoms with Gasteiger partial charge in [0.05, 0.1) is 5.69 Å². The van der Waals surface area contributed by atoms with Gasteiger partial charge in [-0.3, -0.25) is 4.57 Å². The minimum atomic E-state index is -2.25. The summed E-state index contributed by atoms with van der Waals surface area (Å²) in [6.07, 6.45) is 3.53. The molecule has 0 atom stereocenters. The van der Waals surface area contributed by atoms with Gasteiger partial charge < -0.3 is 0 Å². The summed E-state index contributed by atoms with van der Waals surface area (Å²) in [4.78, 5) is 4.49. The third kappa shape index (κ3) is 2.87. The number of aromatic nitrogens is 2. The molecule has 122 valence electrons. The molecule has 3 aromatic carbocycles. The van der Waals surface area contributed by atoms with Gasteiger partial charge in [-0.1, -0.05) is 60.7 Å². The second-order valence-corrected chi connectivity index (χ2v) is 6.04. The van der Waals surface area contributed by atoms with Gasteiger partial charge in [-0.25, -0.2) is 4.98 Å². The summed E-state index contributed by atoms with van der Waals surface area (Å²) < 4.78 is 26.3. The molecular weight excluding hydrogens is 304 g/mol. The van der Waals surface area contributed by atoms with Gasteiger partial charge in [-0.15, -0.1) is 0 Å². The van der Waals surface area contributed by atoms with Crippen molar-refractivity contribution in [1.82, 2.24) is 9.55 Å². The quantitative estimate of drug-likeness (QED) is 0.463. The summed E-state index contributed by atoms with van der Waals surface area (Å²) in [6.45, 7) is -0.297. The molecule has 0 spiro atoms. The van der Waals surface area contributed by atoms with Crippen LogP contribution in [0.1, 0.15) is 15.2 Å². The van der Waals surface area contributed by atoms with Crippen LogP contribution in [0.2, 0.25) is 0 Å². The molecule has 0 amide bonds. The number of hydrogen-bond donors (Lipinski definition) is 0. The lowest BCUT2D eigenvalue weighted by Gasteiger charge is -2.16. The van der Waals surface area contributed by atoms with Crippen LogP contribution in [0.15, 0.2) is 85.2 Å². The number of aryl methyl sites for hydroxylation is 2. The summed E-state index contributed by atoms with van der Waals surface area (Å²) in [5.41, 5.74) is 4.71. The lowest BCUT2D eigenvalue weighted by molar-refractivity contribution is 1.03. The van der Waals surface area contributed by atoms with E-state index in [4.69, 9.17) is 4.11 Å². The highest BCUT2D eigenvalue weighted by molar-refractivity contribution is 5.70. The Bertz CT molecular complexity index is 1100. The number of imidazole rings is 1. The smallest absolute Gasteiger partial charge is 0.144 e. The van der Waals surface area contributed by atoms with Crippen molar-refractivity contribution in [3.63, 3.8) is 0 Å². The molecule has 4 aromatic rings. The fourth-order valence-electron chi connectivity index (χ4n) is 3.18. The van der Waals surface area contributed by atoms with Crippen LogP contribution in [-0.2, 0) is 0 Å². The second-order valence-electron chi connectivity index (χ2n) is 6.04. The molecule has 0 aliphatic rings. The normalized spacial score (nSPS) is 13.1. The molecule has 1 heterocycles. The fraction of sp³-hybridized carbons (Fsp3) is 0.0870. The Morgan fingerprint density at radius 2 is 1.44 bits per heavy atom. The standard InChI is InChI=1S/C23H20N2/c1-17-15-21(19-9-5-3-6-10-19)16-18(2)22(17)25-14-13-24-23(25)20-11-7-4-8-12-20/h3-16H,1-2H3/i1D3.